The highest BCUT2D eigenvalue weighted by Crippen LogP contribution is 2.31. The quantitative estimate of drug-likeness (QED) is 0.559. The lowest BCUT2D eigenvalue weighted by atomic mass is 10.1. The molecule has 7 heteroatoms. The molecule has 0 saturated carbocycles. The number of likely N-dealkylation sites (tertiary alicyclic amines) is 1. The molecule has 5 nitrogen and oxygen atoms in total. The third-order valence-corrected chi connectivity index (χ3v) is 5.60. The third-order valence-electron chi connectivity index (χ3n) is 4.62. The van der Waals surface area contributed by atoms with Crippen molar-refractivity contribution in [2.75, 3.05) is 18.8 Å². The number of fused-ring (bicyclic) bond motifs is 1. The first-order chi connectivity index (χ1) is 12.7. The summed E-state index contributed by atoms with van der Waals surface area (Å²) in [4.78, 5) is 26.2. The Morgan fingerprint density at radius 2 is 1.92 bits per heavy atom. The zero-order valence-corrected chi connectivity index (χ0v) is 15.1. The molecule has 4 rings (SSSR count). The molecule has 3 aromatic rings. The Kier molecular flexibility index (Phi) is 4.88. The van der Waals surface area contributed by atoms with Crippen LogP contribution < -0.4 is 0 Å². The number of piperidine rings is 1. The number of aromatic amines is 1. The van der Waals surface area contributed by atoms with Crippen LogP contribution in [-0.2, 0) is 4.79 Å². The van der Waals surface area contributed by atoms with Gasteiger partial charge in [-0.2, -0.15) is 0 Å². The van der Waals surface area contributed by atoms with Crippen molar-refractivity contribution in [2.45, 2.75) is 24.3 Å². The standard InChI is InChI=1S/C19H19FN4OS/c20-14-6-4-13(5-7-14)15-10-21-18-17(15)22-12-23-19(18)26-11-16(25)24-8-2-1-3-9-24/h4-7,10,12,21H,1-3,8-9,11H2. The molecular weight excluding hydrogens is 351 g/mol. The topological polar surface area (TPSA) is 61.9 Å². The van der Waals surface area contributed by atoms with Crippen molar-refractivity contribution in [3.05, 3.63) is 42.6 Å². The molecule has 1 aromatic carbocycles. The van der Waals surface area contributed by atoms with Crippen LogP contribution in [0.5, 0.6) is 0 Å². The zero-order valence-electron chi connectivity index (χ0n) is 14.2. The highest BCUT2D eigenvalue weighted by Gasteiger charge is 2.18. The second kappa shape index (κ2) is 7.45. The molecule has 1 amide bonds. The molecule has 0 spiro atoms. The van der Waals surface area contributed by atoms with Gasteiger partial charge in [0.15, 0.2) is 0 Å². The van der Waals surface area contributed by atoms with Gasteiger partial charge in [0.05, 0.1) is 11.3 Å². The van der Waals surface area contributed by atoms with Crippen LogP contribution in [0.15, 0.2) is 41.8 Å². The van der Waals surface area contributed by atoms with Crippen molar-refractivity contribution in [3.8, 4) is 11.1 Å². The molecule has 1 N–H and O–H groups in total. The predicted molar refractivity (Wildman–Crippen MR) is 100 cm³/mol. The summed E-state index contributed by atoms with van der Waals surface area (Å²) in [6, 6.07) is 6.32. The van der Waals surface area contributed by atoms with Crippen LogP contribution in [0.4, 0.5) is 4.39 Å². The van der Waals surface area contributed by atoms with Gasteiger partial charge in [-0.15, -0.1) is 0 Å². The van der Waals surface area contributed by atoms with Crippen molar-refractivity contribution < 1.29 is 9.18 Å². The Balaban J connectivity index is 1.55. The number of thioether (sulfide) groups is 1. The summed E-state index contributed by atoms with van der Waals surface area (Å²) >= 11 is 1.43. The van der Waals surface area contributed by atoms with Gasteiger partial charge in [-0.3, -0.25) is 4.79 Å². The van der Waals surface area contributed by atoms with Gasteiger partial charge in [-0.25, -0.2) is 14.4 Å². The predicted octanol–water partition coefficient (Wildman–Crippen LogP) is 3.87. The summed E-state index contributed by atoms with van der Waals surface area (Å²) < 4.78 is 13.2. The van der Waals surface area contributed by atoms with Crippen LogP contribution in [-0.4, -0.2) is 44.6 Å². The minimum atomic E-state index is -0.268. The number of H-pyrrole nitrogens is 1. The van der Waals surface area contributed by atoms with Crippen LogP contribution in [0, 0.1) is 5.82 Å². The van der Waals surface area contributed by atoms with E-state index in [0.29, 0.717) is 5.75 Å². The maximum Gasteiger partial charge on any atom is 0.232 e. The van der Waals surface area contributed by atoms with E-state index in [1.165, 1.54) is 36.6 Å². The SMILES string of the molecule is O=C(CSc1ncnc2c(-c3ccc(F)cc3)c[nH]c12)N1CCCCC1. The molecule has 2 aromatic heterocycles. The molecule has 0 atom stereocenters. The lowest BCUT2D eigenvalue weighted by Gasteiger charge is -2.26. The number of benzene rings is 1. The first-order valence-electron chi connectivity index (χ1n) is 8.71. The highest BCUT2D eigenvalue weighted by atomic mass is 32.2. The van der Waals surface area contributed by atoms with E-state index >= 15 is 0 Å². The Hall–Kier alpha value is -2.41. The van der Waals surface area contributed by atoms with E-state index in [0.717, 1.165) is 53.1 Å². The van der Waals surface area contributed by atoms with Gasteiger partial charge in [0.25, 0.3) is 0 Å². The third kappa shape index (κ3) is 3.44. The number of amides is 1. The van der Waals surface area contributed by atoms with Gasteiger partial charge in [-0.1, -0.05) is 23.9 Å². The van der Waals surface area contributed by atoms with Gasteiger partial charge in [-0.05, 0) is 37.0 Å². The number of aromatic nitrogens is 3. The van der Waals surface area contributed by atoms with Gasteiger partial charge in [0.2, 0.25) is 5.91 Å². The van der Waals surface area contributed by atoms with Crippen LogP contribution in [0.25, 0.3) is 22.2 Å². The molecule has 0 aliphatic carbocycles. The minimum absolute atomic E-state index is 0.159. The second-order valence-electron chi connectivity index (χ2n) is 6.34. The summed E-state index contributed by atoms with van der Waals surface area (Å²) in [7, 11) is 0. The largest absolute Gasteiger partial charge is 0.357 e. The monoisotopic (exact) mass is 370 g/mol. The van der Waals surface area contributed by atoms with Crippen LogP contribution >= 0.6 is 11.8 Å². The maximum absolute atomic E-state index is 13.2. The number of hydrogen-bond acceptors (Lipinski definition) is 4. The zero-order chi connectivity index (χ0) is 17.9. The molecule has 1 fully saturated rings. The number of nitrogens with one attached hydrogen (secondary N) is 1. The van der Waals surface area contributed by atoms with Crippen molar-refractivity contribution in [3.63, 3.8) is 0 Å². The van der Waals surface area contributed by atoms with Crippen molar-refractivity contribution in [2.24, 2.45) is 0 Å². The average molecular weight is 370 g/mol. The molecule has 1 saturated heterocycles. The van der Waals surface area contributed by atoms with Crippen molar-refractivity contribution in [1.82, 2.24) is 19.9 Å². The summed E-state index contributed by atoms with van der Waals surface area (Å²) in [5.74, 6) is 0.263. The van der Waals surface area contributed by atoms with E-state index in [4.69, 9.17) is 0 Å². The first kappa shape index (κ1) is 17.0. The summed E-state index contributed by atoms with van der Waals surface area (Å²) in [6.45, 7) is 1.71. The molecule has 1 aliphatic rings. The lowest BCUT2D eigenvalue weighted by molar-refractivity contribution is -0.129. The van der Waals surface area contributed by atoms with E-state index < -0.39 is 0 Å². The van der Waals surface area contributed by atoms with E-state index in [2.05, 4.69) is 15.0 Å². The fourth-order valence-electron chi connectivity index (χ4n) is 3.24. The number of carbonyl (C=O) groups excluding carboxylic acids is 1. The molecule has 0 unspecified atom stereocenters. The number of carbonyl (C=O) groups is 1. The smallest absolute Gasteiger partial charge is 0.232 e. The lowest BCUT2D eigenvalue weighted by Crippen LogP contribution is -2.36. The van der Waals surface area contributed by atoms with Gasteiger partial charge < -0.3 is 9.88 Å². The fourth-order valence-corrected chi connectivity index (χ4v) is 4.10. The molecule has 134 valence electrons. The summed E-state index contributed by atoms with van der Waals surface area (Å²) in [5.41, 5.74) is 3.37. The summed E-state index contributed by atoms with van der Waals surface area (Å²) in [5, 5.41) is 0.758. The summed E-state index contributed by atoms with van der Waals surface area (Å²) in [6.07, 6.45) is 6.75. The number of nitrogens with zero attached hydrogens (tertiary/aromatic N) is 3. The molecule has 3 heterocycles. The molecular formula is C19H19FN4OS. The Morgan fingerprint density at radius 3 is 2.69 bits per heavy atom. The number of rotatable bonds is 4. The first-order valence-corrected chi connectivity index (χ1v) is 9.69. The maximum atomic E-state index is 13.2. The van der Waals surface area contributed by atoms with Crippen LogP contribution in [0.2, 0.25) is 0 Å². The van der Waals surface area contributed by atoms with E-state index in [-0.39, 0.29) is 11.7 Å². The van der Waals surface area contributed by atoms with Crippen molar-refractivity contribution in [1.29, 1.82) is 0 Å². The molecule has 1 aliphatic heterocycles. The molecule has 0 radical (unpaired) electrons. The Morgan fingerprint density at radius 1 is 1.15 bits per heavy atom. The van der Waals surface area contributed by atoms with Gasteiger partial charge in [0.1, 0.15) is 22.7 Å². The molecule has 0 bridgehead atoms. The second-order valence-corrected chi connectivity index (χ2v) is 7.31. The van der Waals surface area contributed by atoms with Gasteiger partial charge in [0, 0.05) is 24.8 Å². The number of halogens is 1. The number of hydrogen-bond donors (Lipinski definition) is 1. The van der Waals surface area contributed by atoms with Crippen molar-refractivity contribution >= 4 is 28.7 Å². The van der Waals surface area contributed by atoms with Crippen LogP contribution in [0.1, 0.15) is 19.3 Å². The average Bonchev–Trinajstić information content (AvgIpc) is 3.12. The molecule has 26 heavy (non-hydrogen) atoms. The van der Waals surface area contributed by atoms with Gasteiger partial charge >= 0.3 is 0 Å². The van der Waals surface area contributed by atoms with E-state index in [1.807, 2.05) is 11.1 Å². The fraction of sp³-hybridized carbons (Fsp3) is 0.316. The normalized spacial score (nSPS) is 14.7. The Labute approximate surface area is 155 Å². The van der Waals surface area contributed by atoms with Crippen LogP contribution in [0.3, 0.4) is 0 Å². The Bertz CT molecular complexity index is 919. The van der Waals surface area contributed by atoms with E-state index in [9.17, 15) is 9.18 Å². The minimum Gasteiger partial charge on any atom is -0.357 e. The van der Waals surface area contributed by atoms with E-state index in [1.54, 1.807) is 12.1 Å². The highest BCUT2D eigenvalue weighted by molar-refractivity contribution is 8.00.